The third-order valence-electron chi connectivity index (χ3n) is 4.80. The quantitative estimate of drug-likeness (QED) is 0.220. The molecule has 0 radical (unpaired) electrons. The fourth-order valence-corrected chi connectivity index (χ4v) is 3.40. The summed E-state index contributed by atoms with van der Waals surface area (Å²) in [5.41, 5.74) is 1.77. The number of carbonyl (C=O) groups excluding carboxylic acids is 1. The summed E-state index contributed by atoms with van der Waals surface area (Å²) in [6.45, 7) is 4.63. The van der Waals surface area contributed by atoms with Crippen LogP contribution in [-0.4, -0.2) is 56.9 Å². The summed E-state index contributed by atoms with van der Waals surface area (Å²) >= 11 is 3.42. The zero-order valence-corrected chi connectivity index (χ0v) is 20.3. The number of carbonyl (C=O) groups is 1. The first-order valence-corrected chi connectivity index (χ1v) is 9.96. The summed E-state index contributed by atoms with van der Waals surface area (Å²) in [4.78, 5) is 16.4. The number of hydrogen-bond donors (Lipinski definition) is 4. The number of rotatable bonds is 8. The van der Waals surface area contributed by atoms with E-state index in [0.29, 0.717) is 38.5 Å². The lowest BCUT2D eigenvalue weighted by Crippen LogP contribution is -2.45. The summed E-state index contributed by atoms with van der Waals surface area (Å²) in [6, 6.07) is 5.80. The molecule has 1 aliphatic heterocycles. The van der Waals surface area contributed by atoms with Crippen LogP contribution in [0.1, 0.15) is 24.8 Å². The van der Waals surface area contributed by atoms with E-state index in [0.717, 1.165) is 28.8 Å². The van der Waals surface area contributed by atoms with E-state index in [1.54, 1.807) is 7.05 Å². The predicted molar refractivity (Wildman–Crippen MR) is 126 cm³/mol. The van der Waals surface area contributed by atoms with Crippen LogP contribution in [0.5, 0.6) is 0 Å². The van der Waals surface area contributed by atoms with E-state index in [4.69, 9.17) is 4.74 Å². The van der Waals surface area contributed by atoms with Gasteiger partial charge >= 0.3 is 0 Å². The highest BCUT2D eigenvalue weighted by Gasteiger charge is 2.34. The molecule has 0 bridgehead atoms. The highest BCUT2D eigenvalue weighted by molar-refractivity contribution is 14.0. The Hall–Kier alpha value is -0.910. The maximum atomic E-state index is 12.2. The predicted octanol–water partition coefficient (Wildman–Crippen LogP) is 2.66. The van der Waals surface area contributed by atoms with E-state index >= 15 is 0 Å². The Bertz CT molecular complexity index is 667. The molecule has 7 nitrogen and oxygen atoms in total. The molecule has 0 aromatic heterocycles. The maximum absolute atomic E-state index is 12.2. The van der Waals surface area contributed by atoms with Gasteiger partial charge in [0.05, 0.1) is 6.61 Å². The molecule has 1 aromatic rings. The zero-order valence-electron chi connectivity index (χ0n) is 16.4. The lowest BCUT2D eigenvalue weighted by atomic mass is 9.84. The van der Waals surface area contributed by atoms with E-state index in [-0.39, 0.29) is 41.9 Å². The zero-order chi connectivity index (χ0) is 19.7. The van der Waals surface area contributed by atoms with Gasteiger partial charge in [-0.25, -0.2) is 0 Å². The molecule has 28 heavy (non-hydrogen) atoms. The Morgan fingerprint density at radius 2 is 2.18 bits per heavy atom. The molecule has 1 saturated heterocycles. The van der Waals surface area contributed by atoms with Gasteiger partial charge in [0.2, 0.25) is 5.91 Å². The SMILES string of the molecule is CN=C(NCCC(=O)Nc1cc(Br)ccc1C)NCC1(CCO)CCOC1.I. The Morgan fingerprint density at radius 3 is 2.82 bits per heavy atom. The molecule has 1 amide bonds. The number of aliphatic imine (C=N–C) groups is 1. The van der Waals surface area contributed by atoms with Crippen molar-refractivity contribution in [2.45, 2.75) is 26.2 Å². The van der Waals surface area contributed by atoms with Gasteiger partial charge in [-0.2, -0.15) is 0 Å². The summed E-state index contributed by atoms with van der Waals surface area (Å²) in [6.07, 6.45) is 1.95. The molecule has 1 atom stereocenters. The van der Waals surface area contributed by atoms with Crippen molar-refractivity contribution in [1.82, 2.24) is 10.6 Å². The molecule has 1 fully saturated rings. The van der Waals surface area contributed by atoms with Crippen LogP contribution >= 0.6 is 39.9 Å². The number of anilines is 1. The van der Waals surface area contributed by atoms with Gasteiger partial charge in [0.1, 0.15) is 0 Å². The first-order chi connectivity index (χ1) is 13.0. The number of amides is 1. The van der Waals surface area contributed by atoms with Crippen molar-refractivity contribution in [3.63, 3.8) is 0 Å². The Kier molecular flexibility index (Phi) is 11.3. The standard InChI is InChI=1S/C19H29BrN4O3.HI/c1-14-3-4-15(20)11-16(14)24-17(26)5-8-22-18(21-2)23-12-19(6-9-25)7-10-27-13-19;/h3-4,11,25H,5-10,12-13H2,1-2H3,(H,24,26)(H2,21,22,23);1H. The molecule has 1 aliphatic rings. The molecule has 0 spiro atoms. The van der Waals surface area contributed by atoms with Gasteiger partial charge in [0.15, 0.2) is 5.96 Å². The molecular formula is C19H30BrIN4O3. The molecule has 4 N–H and O–H groups in total. The van der Waals surface area contributed by atoms with Crippen molar-refractivity contribution >= 4 is 57.5 Å². The van der Waals surface area contributed by atoms with Crippen LogP contribution in [0.4, 0.5) is 5.69 Å². The van der Waals surface area contributed by atoms with Crippen molar-refractivity contribution in [2.24, 2.45) is 10.4 Å². The number of aryl methyl sites for hydroxylation is 1. The fraction of sp³-hybridized carbons (Fsp3) is 0.579. The maximum Gasteiger partial charge on any atom is 0.226 e. The molecule has 9 heteroatoms. The van der Waals surface area contributed by atoms with Crippen molar-refractivity contribution in [1.29, 1.82) is 0 Å². The molecule has 0 aliphatic carbocycles. The van der Waals surface area contributed by atoms with E-state index in [9.17, 15) is 9.90 Å². The van der Waals surface area contributed by atoms with E-state index in [1.165, 1.54) is 0 Å². The third kappa shape index (κ3) is 7.84. The molecule has 0 saturated carbocycles. The average Bonchev–Trinajstić information content (AvgIpc) is 3.10. The topological polar surface area (TPSA) is 95.0 Å². The van der Waals surface area contributed by atoms with Crippen molar-refractivity contribution in [2.75, 3.05) is 45.3 Å². The van der Waals surface area contributed by atoms with Gasteiger partial charge in [-0.1, -0.05) is 22.0 Å². The summed E-state index contributed by atoms with van der Waals surface area (Å²) in [5.74, 6) is 0.589. The average molecular weight is 569 g/mol. The van der Waals surface area contributed by atoms with Crippen LogP contribution in [0.15, 0.2) is 27.7 Å². The van der Waals surface area contributed by atoms with Crippen LogP contribution in [0, 0.1) is 12.3 Å². The van der Waals surface area contributed by atoms with E-state index in [2.05, 4.69) is 36.9 Å². The minimum Gasteiger partial charge on any atom is -0.396 e. The van der Waals surface area contributed by atoms with Gasteiger partial charge in [-0.3, -0.25) is 9.79 Å². The van der Waals surface area contributed by atoms with E-state index < -0.39 is 0 Å². The number of ether oxygens (including phenoxy) is 1. The van der Waals surface area contributed by atoms with Crippen LogP contribution in [-0.2, 0) is 9.53 Å². The van der Waals surface area contributed by atoms with Crippen molar-refractivity contribution in [3.05, 3.63) is 28.2 Å². The number of guanidine groups is 1. The number of benzene rings is 1. The van der Waals surface area contributed by atoms with Crippen LogP contribution in [0.3, 0.4) is 0 Å². The first-order valence-electron chi connectivity index (χ1n) is 9.17. The van der Waals surface area contributed by atoms with Gasteiger partial charge in [0.25, 0.3) is 0 Å². The minimum absolute atomic E-state index is 0. The Labute approximate surface area is 192 Å². The third-order valence-corrected chi connectivity index (χ3v) is 5.29. The fourth-order valence-electron chi connectivity index (χ4n) is 3.04. The molecular weight excluding hydrogens is 539 g/mol. The van der Waals surface area contributed by atoms with Crippen LogP contribution in [0.2, 0.25) is 0 Å². The first kappa shape index (κ1) is 25.1. The number of nitrogens with zero attached hydrogens (tertiary/aromatic N) is 1. The van der Waals surface area contributed by atoms with Crippen LogP contribution in [0.25, 0.3) is 0 Å². The molecule has 158 valence electrons. The van der Waals surface area contributed by atoms with Gasteiger partial charge in [0, 0.05) is 55.3 Å². The monoisotopic (exact) mass is 568 g/mol. The molecule has 1 heterocycles. The minimum atomic E-state index is -0.0555. The van der Waals surface area contributed by atoms with Gasteiger partial charge < -0.3 is 25.8 Å². The normalized spacial score (nSPS) is 19.1. The molecule has 1 unspecified atom stereocenters. The number of halogens is 2. The second kappa shape index (κ2) is 12.6. The van der Waals surface area contributed by atoms with Crippen molar-refractivity contribution < 1.29 is 14.6 Å². The molecule has 2 rings (SSSR count). The smallest absolute Gasteiger partial charge is 0.226 e. The lowest BCUT2D eigenvalue weighted by Gasteiger charge is -2.27. The number of aliphatic hydroxyl groups excluding tert-OH is 1. The Morgan fingerprint density at radius 1 is 1.39 bits per heavy atom. The molecule has 1 aromatic carbocycles. The largest absolute Gasteiger partial charge is 0.396 e. The van der Waals surface area contributed by atoms with Crippen LogP contribution < -0.4 is 16.0 Å². The number of hydrogen-bond acceptors (Lipinski definition) is 4. The Balaban J connectivity index is 0.00000392. The lowest BCUT2D eigenvalue weighted by molar-refractivity contribution is -0.116. The van der Waals surface area contributed by atoms with Crippen molar-refractivity contribution in [3.8, 4) is 0 Å². The summed E-state index contributed by atoms with van der Waals surface area (Å²) in [5, 5.41) is 18.7. The van der Waals surface area contributed by atoms with E-state index in [1.807, 2.05) is 25.1 Å². The summed E-state index contributed by atoms with van der Waals surface area (Å²) in [7, 11) is 1.70. The van der Waals surface area contributed by atoms with Gasteiger partial charge in [-0.15, -0.1) is 24.0 Å². The second-order valence-corrected chi connectivity index (χ2v) is 7.80. The number of aliphatic hydroxyl groups is 1. The highest BCUT2D eigenvalue weighted by Crippen LogP contribution is 2.31. The number of nitrogens with one attached hydrogen (secondary N) is 3. The second-order valence-electron chi connectivity index (χ2n) is 6.89. The summed E-state index contributed by atoms with van der Waals surface area (Å²) < 4.78 is 6.43. The van der Waals surface area contributed by atoms with Gasteiger partial charge in [-0.05, 0) is 37.5 Å². The highest BCUT2D eigenvalue weighted by atomic mass is 127.